The maximum Gasteiger partial charge on any atom is 0.0637 e. The molecule has 1 N–H and O–H groups in total. The molecule has 0 bridgehead atoms. The molecule has 2 aliphatic heterocycles. The van der Waals surface area contributed by atoms with Gasteiger partial charge >= 0.3 is 0 Å². The van der Waals surface area contributed by atoms with Crippen molar-refractivity contribution in [3.8, 4) is 0 Å². The molecule has 0 saturated carbocycles. The van der Waals surface area contributed by atoms with Crippen LogP contribution in [0.25, 0.3) is 0 Å². The third-order valence-corrected chi connectivity index (χ3v) is 5.24. The first kappa shape index (κ1) is 13.7. The predicted molar refractivity (Wildman–Crippen MR) is 80.9 cm³/mol. The molecular formula is C15H20Cl2N2. The second-order valence-electron chi connectivity index (χ2n) is 5.60. The van der Waals surface area contributed by atoms with Gasteiger partial charge in [0.2, 0.25) is 0 Å². The molecule has 2 unspecified atom stereocenters. The van der Waals surface area contributed by atoms with Crippen molar-refractivity contribution in [2.75, 3.05) is 13.1 Å². The lowest BCUT2D eigenvalue weighted by molar-refractivity contribution is 0.206. The zero-order chi connectivity index (χ0) is 13.2. The number of hydrogen-bond acceptors (Lipinski definition) is 2. The summed E-state index contributed by atoms with van der Waals surface area (Å²) in [7, 11) is 0. The fraction of sp³-hybridized carbons (Fsp3) is 0.600. The van der Waals surface area contributed by atoms with Gasteiger partial charge in [0.15, 0.2) is 0 Å². The van der Waals surface area contributed by atoms with Crippen LogP contribution in [0.3, 0.4) is 0 Å². The van der Waals surface area contributed by atoms with E-state index in [2.05, 4.69) is 16.3 Å². The van der Waals surface area contributed by atoms with Crippen LogP contribution in [-0.2, 0) is 6.54 Å². The second kappa shape index (κ2) is 6.01. The molecule has 0 spiro atoms. The van der Waals surface area contributed by atoms with E-state index in [1.165, 1.54) is 38.8 Å². The lowest BCUT2D eigenvalue weighted by Gasteiger charge is -2.29. The van der Waals surface area contributed by atoms with Gasteiger partial charge in [-0.3, -0.25) is 4.90 Å². The van der Waals surface area contributed by atoms with E-state index < -0.39 is 0 Å². The third kappa shape index (κ3) is 2.92. The van der Waals surface area contributed by atoms with Crippen molar-refractivity contribution in [3.63, 3.8) is 0 Å². The zero-order valence-electron chi connectivity index (χ0n) is 11.0. The summed E-state index contributed by atoms with van der Waals surface area (Å²) in [5.41, 5.74) is 1.15. The smallest absolute Gasteiger partial charge is 0.0637 e. The monoisotopic (exact) mass is 298 g/mol. The number of halogens is 2. The van der Waals surface area contributed by atoms with Crippen LogP contribution in [0.2, 0.25) is 10.0 Å². The van der Waals surface area contributed by atoms with Crippen LogP contribution in [-0.4, -0.2) is 30.1 Å². The van der Waals surface area contributed by atoms with Gasteiger partial charge in [0, 0.05) is 18.6 Å². The van der Waals surface area contributed by atoms with E-state index in [1.54, 1.807) is 0 Å². The molecule has 104 valence electrons. The summed E-state index contributed by atoms with van der Waals surface area (Å²) >= 11 is 12.4. The van der Waals surface area contributed by atoms with Crippen LogP contribution < -0.4 is 5.32 Å². The Bertz CT molecular complexity index is 444. The Morgan fingerprint density at radius 2 is 2.11 bits per heavy atom. The molecule has 2 aliphatic rings. The Morgan fingerprint density at radius 1 is 1.21 bits per heavy atom. The Balaban J connectivity index is 1.72. The van der Waals surface area contributed by atoms with Crippen LogP contribution in [0, 0.1) is 0 Å². The number of rotatable bonds is 3. The Morgan fingerprint density at radius 3 is 2.89 bits per heavy atom. The van der Waals surface area contributed by atoms with Crippen molar-refractivity contribution in [2.24, 2.45) is 0 Å². The number of nitrogens with zero attached hydrogens (tertiary/aromatic N) is 1. The van der Waals surface area contributed by atoms with E-state index in [9.17, 15) is 0 Å². The van der Waals surface area contributed by atoms with E-state index in [4.69, 9.17) is 23.2 Å². The van der Waals surface area contributed by atoms with Gasteiger partial charge in [0.05, 0.1) is 10.0 Å². The van der Waals surface area contributed by atoms with E-state index in [0.717, 1.165) is 12.1 Å². The molecule has 2 saturated heterocycles. The highest BCUT2D eigenvalue weighted by Gasteiger charge is 2.33. The predicted octanol–water partition coefficient (Wildman–Crippen LogP) is 3.71. The Hall–Kier alpha value is -0.280. The number of nitrogens with one attached hydrogen (secondary N) is 1. The Kier molecular flexibility index (Phi) is 4.33. The molecule has 0 aromatic heterocycles. The van der Waals surface area contributed by atoms with Gasteiger partial charge in [0.25, 0.3) is 0 Å². The lowest BCUT2D eigenvalue weighted by Crippen LogP contribution is -2.43. The molecule has 0 radical (unpaired) electrons. The summed E-state index contributed by atoms with van der Waals surface area (Å²) < 4.78 is 0. The van der Waals surface area contributed by atoms with Gasteiger partial charge in [-0.1, -0.05) is 35.3 Å². The van der Waals surface area contributed by atoms with Gasteiger partial charge < -0.3 is 5.32 Å². The number of benzene rings is 1. The van der Waals surface area contributed by atoms with Crippen LogP contribution in [0.5, 0.6) is 0 Å². The van der Waals surface area contributed by atoms with Crippen LogP contribution in [0.1, 0.15) is 31.2 Å². The van der Waals surface area contributed by atoms with E-state index in [1.807, 2.05) is 12.1 Å². The molecule has 0 amide bonds. The maximum absolute atomic E-state index is 6.30. The molecular weight excluding hydrogens is 279 g/mol. The average molecular weight is 299 g/mol. The van der Waals surface area contributed by atoms with Crippen LogP contribution in [0.4, 0.5) is 0 Å². The van der Waals surface area contributed by atoms with Crippen molar-refractivity contribution in [2.45, 2.75) is 44.3 Å². The molecule has 1 aromatic rings. The lowest BCUT2D eigenvalue weighted by atomic mass is 10.0. The first-order valence-corrected chi connectivity index (χ1v) is 7.91. The number of hydrogen-bond donors (Lipinski definition) is 1. The fourth-order valence-corrected chi connectivity index (χ4v) is 3.81. The quantitative estimate of drug-likeness (QED) is 0.915. The SMILES string of the molecule is Clc1cccc(CN2CCCC2C2CCCN2)c1Cl. The van der Waals surface area contributed by atoms with Crippen molar-refractivity contribution < 1.29 is 0 Å². The van der Waals surface area contributed by atoms with E-state index in [-0.39, 0.29) is 0 Å². The summed E-state index contributed by atoms with van der Waals surface area (Å²) in [6, 6.07) is 7.26. The molecule has 2 atom stereocenters. The topological polar surface area (TPSA) is 15.3 Å². The van der Waals surface area contributed by atoms with Gasteiger partial charge in [-0.15, -0.1) is 0 Å². The Labute approximate surface area is 125 Å². The summed E-state index contributed by atoms with van der Waals surface area (Å²) in [6.45, 7) is 3.26. The highest BCUT2D eigenvalue weighted by Crippen LogP contribution is 2.30. The molecule has 19 heavy (non-hydrogen) atoms. The molecule has 2 heterocycles. The van der Waals surface area contributed by atoms with Gasteiger partial charge in [-0.2, -0.15) is 0 Å². The van der Waals surface area contributed by atoms with Crippen molar-refractivity contribution in [3.05, 3.63) is 33.8 Å². The summed E-state index contributed by atoms with van der Waals surface area (Å²) in [4.78, 5) is 2.57. The van der Waals surface area contributed by atoms with Crippen molar-refractivity contribution in [1.29, 1.82) is 0 Å². The molecule has 0 aliphatic carbocycles. The minimum absolute atomic E-state index is 0.661. The minimum atomic E-state index is 0.661. The standard InChI is InChI=1S/C15H20Cl2N2/c16-12-5-1-4-11(15(12)17)10-19-9-3-7-14(19)13-6-2-8-18-13/h1,4-5,13-14,18H,2-3,6-10H2. The van der Waals surface area contributed by atoms with Crippen LogP contribution >= 0.6 is 23.2 Å². The molecule has 1 aromatic carbocycles. The van der Waals surface area contributed by atoms with Crippen molar-refractivity contribution >= 4 is 23.2 Å². The van der Waals surface area contributed by atoms with Gasteiger partial charge in [-0.05, 0) is 50.4 Å². The summed E-state index contributed by atoms with van der Waals surface area (Å²) in [5, 5.41) is 5.02. The molecule has 4 heteroatoms. The normalized spacial score (nSPS) is 28.1. The maximum atomic E-state index is 6.30. The first-order valence-electron chi connectivity index (χ1n) is 7.16. The van der Waals surface area contributed by atoms with Crippen LogP contribution in [0.15, 0.2) is 18.2 Å². The first-order chi connectivity index (χ1) is 9.25. The highest BCUT2D eigenvalue weighted by atomic mass is 35.5. The largest absolute Gasteiger partial charge is 0.312 e. The minimum Gasteiger partial charge on any atom is -0.312 e. The summed E-state index contributed by atoms with van der Waals surface area (Å²) in [6.07, 6.45) is 5.22. The van der Waals surface area contributed by atoms with Crippen molar-refractivity contribution in [1.82, 2.24) is 10.2 Å². The second-order valence-corrected chi connectivity index (χ2v) is 6.38. The fourth-order valence-electron chi connectivity index (χ4n) is 3.43. The highest BCUT2D eigenvalue weighted by molar-refractivity contribution is 6.42. The number of likely N-dealkylation sites (tertiary alicyclic amines) is 1. The van der Waals surface area contributed by atoms with Gasteiger partial charge in [-0.25, -0.2) is 0 Å². The van der Waals surface area contributed by atoms with Gasteiger partial charge in [0.1, 0.15) is 0 Å². The van der Waals surface area contributed by atoms with E-state index in [0.29, 0.717) is 22.1 Å². The van der Waals surface area contributed by atoms with E-state index >= 15 is 0 Å². The molecule has 2 nitrogen and oxygen atoms in total. The molecule has 2 fully saturated rings. The molecule has 3 rings (SSSR count). The summed E-state index contributed by atoms with van der Waals surface area (Å²) in [5.74, 6) is 0. The average Bonchev–Trinajstić information content (AvgIpc) is 3.05. The zero-order valence-corrected chi connectivity index (χ0v) is 12.6. The third-order valence-electron chi connectivity index (χ3n) is 4.38.